The van der Waals surface area contributed by atoms with Gasteiger partial charge in [0.2, 0.25) is 10.0 Å². The molecule has 0 aromatic carbocycles. The maximum absolute atomic E-state index is 12.0. The molecular formula is C10H11N3O5S. The van der Waals surface area contributed by atoms with Crippen molar-refractivity contribution in [2.75, 3.05) is 6.61 Å². The third kappa shape index (κ3) is 2.57. The van der Waals surface area contributed by atoms with Crippen LogP contribution in [0, 0.1) is 0 Å². The Bertz CT molecular complexity index is 709. The molecule has 19 heavy (non-hydrogen) atoms. The van der Waals surface area contributed by atoms with Crippen LogP contribution in [0.25, 0.3) is 11.0 Å². The number of aliphatic hydroxyl groups is 1. The molecule has 4 N–H and O–H groups in total. The van der Waals surface area contributed by atoms with Crippen LogP contribution in [0.1, 0.15) is 0 Å². The Morgan fingerprint density at radius 1 is 1.53 bits per heavy atom. The second-order valence-electron chi connectivity index (χ2n) is 3.75. The molecule has 0 radical (unpaired) electrons. The maximum atomic E-state index is 12.0. The zero-order chi connectivity index (χ0) is 14.0. The second-order valence-corrected chi connectivity index (χ2v) is 5.43. The van der Waals surface area contributed by atoms with Gasteiger partial charge in [-0.15, -0.1) is 0 Å². The molecule has 0 amide bonds. The molecule has 2 aromatic heterocycles. The summed E-state index contributed by atoms with van der Waals surface area (Å²) in [6.45, 7) is -0.838. The second kappa shape index (κ2) is 4.96. The van der Waals surface area contributed by atoms with Crippen LogP contribution in [0.3, 0.4) is 0 Å². The van der Waals surface area contributed by atoms with E-state index in [1.54, 1.807) is 12.1 Å². The van der Waals surface area contributed by atoms with Crippen LogP contribution in [-0.2, 0) is 14.8 Å². The minimum Gasteiger partial charge on any atom is -0.480 e. The van der Waals surface area contributed by atoms with E-state index < -0.39 is 28.6 Å². The number of hydrogen-bond acceptors (Lipinski definition) is 5. The Morgan fingerprint density at radius 2 is 2.26 bits per heavy atom. The van der Waals surface area contributed by atoms with Crippen molar-refractivity contribution in [1.29, 1.82) is 0 Å². The number of aromatic amines is 1. The molecule has 0 fully saturated rings. The molecule has 2 heterocycles. The standard InChI is InChI=1S/C10H11N3O5S/c14-5-7(10(15)16)13-19(17,18)8-4-12-9-6(8)2-1-3-11-9/h1-4,7,13-14H,5H2,(H,11,12)(H,15,16)/t7-/m0/s1. The molecule has 0 saturated heterocycles. The SMILES string of the molecule is O=C(O)[C@H](CO)NS(=O)(=O)c1c[nH]c2ncccc12. The highest BCUT2D eigenvalue weighted by molar-refractivity contribution is 7.89. The molecular weight excluding hydrogens is 274 g/mol. The Labute approximate surface area is 108 Å². The molecule has 0 aliphatic rings. The van der Waals surface area contributed by atoms with Gasteiger partial charge in [0.25, 0.3) is 0 Å². The van der Waals surface area contributed by atoms with Crippen molar-refractivity contribution >= 4 is 27.0 Å². The Balaban J connectivity index is 2.42. The van der Waals surface area contributed by atoms with E-state index in [4.69, 9.17) is 10.2 Å². The number of H-pyrrole nitrogens is 1. The van der Waals surface area contributed by atoms with Crippen molar-refractivity contribution < 1.29 is 23.4 Å². The highest BCUT2D eigenvalue weighted by atomic mass is 32.2. The largest absolute Gasteiger partial charge is 0.480 e. The van der Waals surface area contributed by atoms with Crippen LogP contribution in [0.4, 0.5) is 0 Å². The lowest BCUT2D eigenvalue weighted by Gasteiger charge is -2.11. The number of carboxylic acid groups (broad SMARTS) is 1. The lowest BCUT2D eigenvalue weighted by atomic mass is 10.3. The lowest BCUT2D eigenvalue weighted by Crippen LogP contribution is -2.43. The van der Waals surface area contributed by atoms with Crippen LogP contribution < -0.4 is 4.72 Å². The van der Waals surface area contributed by atoms with Gasteiger partial charge in [-0.1, -0.05) is 0 Å². The number of aliphatic hydroxyl groups excluding tert-OH is 1. The molecule has 2 rings (SSSR count). The van der Waals surface area contributed by atoms with Gasteiger partial charge in [-0.3, -0.25) is 4.79 Å². The smallest absolute Gasteiger partial charge is 0.324 e. The predicted molar refractivity (Wildman–Crippen MR) is 64.9 cm³/mol. The zero-order valence-corrected chi connectivity index (χ0v) is 10.4. The molecule has 9 heteroatoms. The van der Waals surface area contributed by atoms with Crippen molar-refractivity contribution in [2.45, 2.75) is 10.9 Å². The number of nitrogens with one attached hydrogen (secondary N) is 2. The van der Waals surface area contributed by atoms with Crippen LogP contribution in [0.2, 0.25) is 0 Å². The fraction of sp³-hybridized carbons (Fsp3) is 0.200. The first-order chi connectivity index (χ1) is 8.95. The summed E-state index contributed by atoms with van der Waals surface area (Å²) in [6, 6.07) is 1.52. The minimum absolute atomic E-state index is 0.115. The summed E-state index contributed by atoms with van der Waals surface area (Å²) in [4.78, 5) is 17.2. The molecule has 0 aliphatic carbocycles. The van der Waals surface area contributed by atoms with Gasteiger partial charge in [0.05, 0.1) is 6.61 Å². The molecule has 1 atom stereocenters. The summed E-state index contributed by atoms with van der Waals surface area (Å²) in [5.74, 6) is -1.45. The number of pyridine rings is 1. The van der Waals surface area contributed by atoms with E-state index in [-0.39, 0.29) is 4.90 Å². The molecule has 0 bridgehead atoms. The van der Waals surface area contributed by atoms with Gasteiger partial charge in [-0.2, -0.15) is 4.72 Å². The van der Waals surface area contributed by atoms with Crippen molar-refractivity contribution in [3.05, 3.63) is 24.5 Å². The first kappa shape index (κ1) is 13.5. The fourth-order valence-electron chi connectivity index (χ4n) is 1.57. The number of rotatable bonds is 5. The van der Waals surface area contributed by atoms with E-state index in [9.17, 15) is 13.2 Å². The van der Waals surface area contributed by atoms with Crippen LogP contribution in [0.15, 0.2) is 29.4 Å². The number of carboxylic acids is 1. The molecule has 0 aliphatic heterocycles. The first-order valence-corrected chi connectivity index (χ1v) is 6.72. The molecule has 0 saturated carbocycles. The van der Waals surface area contributed by atoms with E-state index >= 15 is 0 Å². The minimum atomic E-state index is -4.06. The van der Waals surface area contributed by atoms with Gasteiger partial charge in [-0.25, -0.2) is 13.4 Å². The summed E-state index contributed by atoms with van der Waals surface area (Å²) >= 11 is 0. The molecule has 8 nitrogen and oxygen atoms in total. The topological polar surface area (TPSA) is 132 Å². The number of aromatic nitrogens is 2. The Morgan fingerprint density at radius 3 is 2.89 bits per heavy atom. The number of hydrogen-bond donors (Lipinski definition) is 4. The molecule has 0 unspecified atom stereocenters. The Hall–Kier alpha value is -1.97. The van der Waals surface area contributed by atoms with E-state index in [1.165, 1.54) is 12.4 Å². The maximum Gasteiger partial charge on any atom is 0.324 e. The number of sulfonamides is 1. The summed E-state index contributed by atoms with van der Waals surface area (Å²) in [7, 11) is -4.06. The summed E-state index contributed by atoms with van der Waals surface area (Å²) < 4.78 is 26.0. The van der Waals surface area contributed by atoms with E-state index in [1.807, 2.05) is 4.72 Å². The van der Waals surface area contributed by atoms with Gasteiger partial charge >= 0.3 is 5.97 Å². The summed E-state index contributed by atoms with van der Waals surface area (Å²) in [5, 5.41) is 17.9. The van der Waals surface area contributed by atoms with Gasteiger partial charge in [0.15, 0.2) is 0 Å². The van der Waals surface area contributed by atoms with E-state index in [0.717, 1.165) is 0 Å². The lowest BCUT2D eigenvalue weighted by molar-refractivity contribution is -0.139. The van der Waals surface area contributed by atoms with Crippen LogP contribution >= 0.6 is 0 Å². The number of carbonyl (C=O) groups is 1. The monoisotopic (exact) mass is 285 g/mol. The van der Waals surface area contributed by atoms with Gasteiger partial charge in [-0.05, 0) is 12.1 Å². The molecule has 0 spiro atoms. The van der Waals surface area contributed by atoms with Crippen molar-refractivity contribution in [2.24, 2.45) is 0 Å². The number of aliphatic carboxylic acids is 1. The fourth-order valence-corrected chi connectivity index (χ4v) is 2.91. The highest BCUT2D eigenvalue weighted by Gasteiger charge is 2.26. The summed E-state index contributed by atoms with van der Waals surface area (Å²) in [5.41, 5.74) is 0.374. The van der Waals surface area contributed by atoms with Crippen molar-refractivity contribution in [1.82, 2.24) is 14.7 Å². The van der Waals surface area contributed by atoms with E-state index in [0.29, 0.717) is 11.0 Å². The first-order valence-electron chi connectivity index (χ1n) is 5.24. The number of nitrogens with zero attached hydrogens (tertiary/aromatic N) is 1. The predicted octanol–water partition coefficient (Wildman–Crippen LogP) is -0.713. The van der Waals surface area contributed by atoms with Crippen LogP contribution in [0.5, 0.6) is 0 Å². The normalized spacial score (nSPS) is 13.5. The van der Waals surface area contributed by atoms with Crippen molar-refractivity contribution in [3.8, 4) is 0 Å². The number of fused-ring (bicyclic) bond motifs is 1. The van der Waals surface area contributed by atoms with Gasteiger partial charge in [0.1, 0.15) is 16.6 Å². The van der Waals surface area contributed by atoms with Gasteiger partial charge in [0, 0.05) is 17.8 Å². The quantitative estimate of drug-likeness (QED) is 0.573. The average Bonchev–Trinajstić information content (AvgIpc) is 2.80. The third-order valence-corrected chi connectivity index (χ3v) is 3.99. The highest BCUT2D eigenvalue weighted by Crippen LogP contribution is 2.20. The molecule has 2 aromatic rings. The average molecular weight is 285 g/mol. The van der Waals surface area contributed by atoms with Crippen LogP contribution in [-0.4, -0.2) is 47.2 Å². The summed E-state index contributed by atoms with van der Waals surface area (Å²) in [6.07, 6.45) is 2.72. The van der Waals surface area contributed by atoms with Crippen molar-refractivity contribution in [3.63, 3.8) is 0 Å². The Kier molecular flexibility index (Phi) is 3.51. The van der Waals surface area contributed by atoms with E-state index in [2.05, 4.69) is 9.97 Å². The zero-order valence-electron chi connectivity index (χ0n) is 9.57. The molecule has 102 valence electrons. The van der Waals surface area contributed by atoms with Gasteiger partial charge < -0.3 is 15.2 Å². The third-order valence-electron chi connectivity index (χ3n) is 2.48.